The van der Waals surface area contributed by atoms with Crippen LogP contribution in [0.25, 0.3) is 0 Å². The van der Waals surface area contributed by atoms with Crippen molar-refractivity contribution in [1.82, 2.24) is 5.48 Å². The van der Waals surface area contributed by atoms with Crippen LogP contribution in [-0.2, 0) is 9.63 Å². The first-order valence-electron chi connectivity index (χ1n) is 4.26. The minimum absolute atomic E-state index is 0.0804. The molecule has 0 rings (SSSR count). The minimum Gasteiger partial charge on any atom is -0.273 e. The van der Waals surface area contributed by atoms with E-state index in [2.05, 4.69) is 5.48 Å². The van der Waals surface area contributed by atoms with Crippen molar-refractivity contribution in [2.75, 3.05) is 6.61 Å². The van der Waals surface area contributed by atoms with Crippen LogP contribution in [0, 0.1) is 11.3 Å². The number of hydrogen-bond donors (Lipinski definition) is 1. The van der Waals surface area contributed by atoms with Gasteiger partial charge in [0, 0.05) is 5.41 Å². The van der Waals surface area contributed by atoms with E-state index in [1.807, 2.05) is 34.6 Å². The molecule has 0 aromatic heterocycles. The van der Waals surface area contributed by atoms with E-state index in [-0.39, 0.29) is 11.3 Å². The average molecular weight is 173 g/mol. The van der Waals surface area contributed by atoms with Gasteiger partial charge in [-0.25, -0.2) is 5.48 Å². The van der Waals surface area contributed by atoms with Gasteiger partial charge in [0.05, 0.1) is 6.61 Å². The topological polar surface area (TPSA) is 38.3 Å². The number of hydroxylamine groups is 1. The molecule has 0 saturated carbocycles. The molecule has 0 radical (unpaired) electrons. The van der Waals surface area contributed by atoms with Crippen molar-refractivity contribution in [3.8, 4) is 0 Å². The summed E-state index contributed by atoms with van der Waals surface area (Å²) < 4.78 is 0. The quantitative estimate of drug-likeness (QED) is 0.660. The Balaban J connectivity index is 3.59. The third kappa shape index (κ3) is 5.13. The maximum atomic E-state index is 11.2. The molecule has 0 aliphatic heterocycles. The van der Waals surface area contributed by atoms with Gasteiger partial charge in [-0.05, 0) is 5.92 Å². The highest BCUT2D eigenvalue weighted by atomic mass is 16.7. The van der Waals surface area contributed by atoms with Crippen LogP contribution in [0.5, 0.6) is 0 Å². The van der Waals surface area contributed by atoms with Crippen molar-refractivity contribution in [1.29, 1.82) is 0 Å². The van der Waals surface area contributed by atoms with E-state index in [4.69, 9.17) is 4.84 Å². The molecule has 0 fully saturated rings. The predicted octanol–water partition coefficient (Wildman–Crippen LogP) is 1.74. The molecule has 1 N–H and O–H groups in total. The summed E-state index contributed by atoms with van der Waals surface area (Å²) in [7, 11) is 0. The van der Waals surface area contributed by atoms with E-state index in [0.29, 0.717) is 12.5 Å². The largest absolute Gasteiger partial charge is 0.273 e. The van der Waals surface area contributed by atoms with Crippen molar-refractivity contribution in [3.63, 3.8) is 0 Å². The minimum atomic E-state index is -0.378. The summed E-state index contributed by atoms with van der Waals surface area (Å²) in [5.41, 5.74) is 2.04. The molecule has 3 nitrogen and oxygen atoms in total. The second kappa shape index (κ2) is 4.45. The van der Waals surface area contributed by atoms with Gasteiger partial charge in [-0.1, -0.05) is 34.6 Å². The lowest BCUT2D eigenvalue weighted by molar-refractivity contribution is -0.142. The van der Waals surface area contributed by atoms with Crippen molar-refractivity contribution < 1.29 is 9.63 Å². The van der Waals surface area contributed by atoms with Crippen molar-refractivity contribution in [2.24, 2.45) is 11.3 Å². The van der Waals surface area contributed by atoms with Gasteiger partial charge in [0.2, 0.25) is 5.91 Å². The summed E-state index contributed by atoms with van der Waals surface area (Å²) in [4.78, 5) is 16.2. The van der Waals surface area contributed by atoms with Crippen LogP contribution in [0.3, 0.4) is 0 Å². The summed E-state index contributed by atoms with van der Waals surface area (Å²) in [6.45, 7) is 10.2. The molecule has 3 heteroatoms. The number of carbonyl (C=O) groups is 1. The second-order valence-electron chi connectivity index (χ2n) is 4.39. The van der Waals surface area contributed by atoms with Gasteiger partial charge in [0.1, 0.15) is 0 Å². The first-order chi connectivity index (χ1) is 5.34. The predicted molar refractivity (Wildman–Crippen MR) is 48.4 cm³/mol. The zero-order chi connectivity index (χ0) is 9.78. The van der Waals surface area contributed by atoms with Crippen LogP contribution in [0.4, 0.5) is 0 Å². The SMILES string of the molecule is CC(C)CONC(=O)C(C)(C)C. The Morgan fingerprint density at radius 1 is 1.42 bits per heavy atom. The van der Waals surface area contributed by atoms with Crippen LogP contribution >= 0.6 is 0 Å². The molecule has 72 valence electrons. The summed E-state index contributed by atoms with van der Waals surface area (Å²) in [5.74, 6) is 0.355. The van der Waals surface area contributed by atoms with E-state index in [0.717, 1.165) is 0 Å². The summed E-state index contributed by atoms with van der Waals surface area (Å²) in [6, 6.07) is 0. The monoisotopic (exact) mass is 173 g/mol. The van der Waals surface area contributed by atoms with Gasteiger partial charge in [-0.3, -0.25) is 9.63 Å². The number of amides is 1. The Morgan fingerprint density at radius 2 is 1.92 bits per heavy atom. The highest BCUT2D eigenvalue weighted by molar-refractivity contribution is 5.80. The molecule has 0 spiro atoms. The van der Waals surface area contributed by atoms with E-state index in [1.165, 1.54) is 0 Å². The van der Waals surface area contributed by atoms with Crippen LogP contribution in [0.2, 0.25) is 0 Å². The Hall–Kier alpha value is -0.570. The molecule has 0 heterocycles. The second-order valence-corrected chi connectivity index (χ2v) is 4.39. The first-order valence-corrected chi connectivity index (χ1v) is 4.26. The molecule has 12 heavy (non-hydrogen) atoms. The zero-order valence-electron chi connectivity index (χ0n) is 8.60. The molecule has 0 atom stereocenters. The fourth-order valence-electron chi connectivity index (χ4n) is 0.427. The standard InChI is InChI=1S/C9H19NO2/c1-7(2)6-12-10-8(11)9(3,4)5/h7H,6H2,1-5H3,(H,10,11). The first kappa shape index (κ1) is 11.4. The fraction of sp³-hybridized carbons (Fsp3) is 0.889. The third-order valence-corrected chi connectivity index (χ3v) is 1.26. The number of carbonyl (C=O) groups excluding carboxylic acids is 1. The Labute approximate surface area is 74.4 Å². The smallest absolute Gasteiger partial charge is 0.248 e. The molecular weight excluding hydrogens is 154 g/mol. The normalized spacial score (nSPS) is 11.8. The van der Waals surface area contributed by atoms with Gasteiger partial charge >= 0.3 is 0 Å². The molecule has 0 aliphatic rings. The highest BCUT2D eigenvalue weighted by Crippen LogP contribution is 2.12. The zero-order valence-corrected chi connectivity index (χ0v) is 8.60. The van der Waals surface area contributed by atoms with Gasteiger partial charge < -0.3 is 0 Å². The Kier molecular flexibility index (Phi) is 4.24. The summed E-state index contributed by atoms with van der Waals surface area (Å²) in [5, 5.41) is 0. The van der Waals surface area contributed by atoms with E-state index < -0.39 is 0 Å². The van der Waals surface area contributed by atoms with Gasteiger partial charge in [-0.2, -0.15) is 0 Å². The lowest BCUT2D eigenvalue weighted by Crippen LogP contribution is -2.35. The average Bonchev–Trinajstić information content (AvgIpc) is 1.84. The van der Waals surface area contributed by atoms with Gasteiger partial charge in [0.15, 0.2) is 0 Å². The molecule has 0 bridgehead atoms. The maximum Gasteiger partial charge on any atom is 0.248 e. The fourth-order valence-corrected chi connectivity index (χ4v) is 0.427. The number of nitrogens with one attached hydrogen (secondary N) is 1. The van der Waals surface area contributed by atoms with E-state index >= 15 is 0 Å². The van der Waals surface area contributed by atoms with E-state index in [9.17, 15) is 4.79 Å². The summed E-state index contributed by atoms with van der Waals surface area (Å²) >= 11 is 0. The van der Waals surface area contributed by atoms with Crippen molar-refractivity contribution in [2.45, 2.75) is 34.6 Å². The molecule has 0 saturated heterocycles. The number of hydrogen-bond acceptors (Lipinski definition) is 2. The molecule has 0 unspecified atom stereocenters. The van der Waals surface area contributed by atoms with Crippen LogP contribution in [-0.4, -0.2) is 12.5 Å². The maximum absolute atomic E-state index is 11.2. The lowest BCUT2D eigenvalue weighted by Gasteiger charge is -2.17. The van der Waals surface area contributed by atoms with Crippen LogP contribution < -0.4 is 5.48 Å². The molecule has 1 amide bonds. The molecular formula is C9H19NO2. The number of rotatable bonds is 3. The van der Waals surface area contributed by atoms with Gasteiger partial charge in [0.25, 0.3) is 0 Å². The lowest BCUT2D eigenvalue weighted by atomic mass is 9.96. The summed E-state index contributed by atoms with van der Waals surface area (Å²) in [6.07, 6.45) is 0. The van der Waals surface area contributed by atoms with Gasteiger partial charge in [-0.15, -0.1) is 0 Å². The van der Waals surface area contributed by atoms with E-state index in [1.54, 1.807) is 0 Å². The van der Waals surface area contributed by atoms with Crippen LogP contribution in [0.15, 0.2) is 0 Å². The third-order valence-electron chi connectivity index (χ3n) is 1.26. The van der Waals surface area contributed by atoms with Crippen molar-refractivity contribution >= 4 is 5.91 Å². The Bertz CT molecular complexity index is 147. The molecule has 0 aromatic carbocycles. The molecule has 0 aliphatic carbocycles. The van der Waals surface area contributed by atoms with Crippen molar-refractivity contribution in [3.05, 3.63) is 0 Å². The van der Waals surface area contributed by atoms with Crippen LogP contribution in [0.1, 0.15) is 34.6 Å². The molecule has 0 aromatic rings. The Morgan fingerprint density at radius 3 is 2.25 bits per heavy atom. The highest BCUT2D eigenvalue weighted by Gasteiger charge is 2.20.